The number of methoxy groups -OCH3 is 1. The molecule has 1 aromatic rings. The van der Waals surface area contributed by atoms with Crippen LogP contribution in [0.2, 0.25) is 0 Å². The molecule has 0 bridgehead atoms. The maximum atomic E-state index is 6.10. The predicted molar refractivity (Wildman–Crippen MR) is 71.6 cm³/mol. The number of nitrogens with two attached hydrogens (primary N) is 1. The maximum absolute atomic E-state index is 6.10. The molecule has 0 aliphatic rings. The van der Waals surface area contributed by atoms with Gasteiger partial charge in [0.15, 0.2) is 0 Å². The normalized spacial score (nSPS) is 12.9. The van der Waals surface area contributed by atoms with E-state index in [4.69, 9.17) is 15.2 Å². The number of rotatable bonds is 9. The van der Waals surface area contributed by atoms with Crippen molar-refractivity contribution in [3.8, 4) is 0 Å². The molecule has 0 spiro atoms. The van der Waals surface area contributed by atoms with Crippen LogP contribution in [-0.2, 0) is 22.4 Å². The molecule has 0 aliphatic carbocycles. The molecule has 0 radical (unpaired) electrons. The van der Waals surface area contributed by atoms with Gasteiger partial charge in [-0.3, -0.25) is 4.68 Å². The first-order valence-corrected chi connectivity index (χ1v) is 6.53. The fraction of sp³-hybridized carbons (Fsp3) is 0.769. The number of ether oxygens (including phenoxy) is 2. The minimum Gasteiger partial charge on any atom is -0.382 e. The van der Waals surface area contributed by atoms with Gasteiger partial charge in [0.2, 0.25) is 0 Å². The summed E-state index contributed by atoms with van der Waals surface area (Å²) in [4.78, 5) is 0. The monoisotopic (exact) mass is 255 g/mol. The topological polar surface area (TPSA) is 62.3 Å². The lowest BCUT2D eigenvalue weighted by atomic mass is 10.1. The van der Waals surface area contributed by atoms with Gasteiger partial charge in [-0.05, 0) is 26.3 Å². The van der Waals surface area contributed by atoms with E-state index in [1.54, 1.807) is 7.11 Å². The van der Waals surface area contributed by atoms with Gasteiger partial charge < -0.3 is 15.2 Å². The molecule has 0 aromatic carbocycles. The van der Waals surface area contributed by atoms with Crippen molar-refractivity contribution in [3.63, 3.8) is 0 Å². The Balaban J connectivity index is 2.28. The van der Waals surface area contributed by atoms with Gasteiger partial charge in [0.25, 0.3) is 0 Å². The Bertz CT molecular complexity index is 339. The van der Waals surface area contributed by atoms with E-state index in [1.807, 2.05) is 11.6 Å². The summed E-state index contributed by atoms with van der Waals surface area (Å²) in [6.45, 7) is 6.95. The fourth-order valence-electron chi connectivity index (χ4n) is 1.89. The Kier molecular flexibility index (Phi) is 6.93. The smallest absolute Gasteiger partial charge is 0.0700 e. The van der Waals surface area contributed by atoms with E-state index >= 15 is 0 Å². The number of nitrogens with zero attached hydrogens (tertiary/aromatic N) is 2. The van der Waals surface area contributed by atoms with E-state index in [0.717, 1.165) is 25.1 Å². The summed E-state index contributed by atoms with van der Waals surface area (Å²) in [6.07, 6.45) is 1.71. The molecule has 1 aromatic heterocycles. The molecule has 0 aliphatic heterocycles. The van der Waals surface area contributed by atoms with E-state index in [2.05, 4.69) is 18.1 Å². The van der Waals surface area contributed by atoms with E-state index in [-0.39, 0.29) is 6.04 Å². The maximum Gasteiger partial charge on any atom is 0.0700 e. The molecule has 0 fully saturated rings. The highest BCUT2D eigenvalue weighted by Gasteiger charge is 2.09. The zero-order chi connectivity index (χ0) is 13.4. The van der Waals surface area contributed by atoms with Crippen LogP contribution in [-0.4, -0.2) is 42.8 Å². The SMILES string of the molecule is CCn1nc(C)cc1CC(N)CCOCCOC. The minimum absolute atomic E-state index is 0.119. The van der Waals surface area contributed by atoms with Crippen molar-refractivity contribution in [1.29, 1.82) is 0 Å². The number of aryl methyl sites for hydroxylation is 2. The van der Waals surface area contributed by atoms with Gasteiger partial charge in [-0.1, -0.05) is 0 Å². The number of hydrogen-bond donors (Lipinski definition) is 1. The van der Waals surface area contributed by atoms with Crippen molar-refractivity contribution < 1.29 is 9.47 Å². The molecular formula is C13H25N3O2. The molecule has 18 heavy (non-hydrogen) atoms. The molecule has 1 unspecified atom stereocenters. The molecule has 1 atom stereocenters. The third-order valence-electron chi connectivity index (χ3n) is 2.82. The second kappa shape index (κ2) is 8.24. The Hall–Kier alpha value is -0.910. The lowest BCUT2D eigenvalue weighted by Gasteiger charge is -2.12. The number of aromatic nitrogens is 2. The average Bonchev–Trinajstić information content (AvgIpc) is 2.69. The fourth-order valence-corrected chi connectivity index (χ4v) is 1.89. The van der Waals surface area contributed by atoms with Crippen LogP contribution in [0.3, 0.4) is 0 Å². The second-order valence-electron chi connectivity index (χ2n) is 4.45. The second-order valence-corrected chi connectivity index (χ2v) is 4.45. The highest BCUT2D eigenvalue weighted by molar-refractivity contribution is 5.10. The third-order valence-corrected chi connectivity index (χ3v) is 2.82. The van der Waals surface area contributed by atoms with Gasteiger partial charge in [-0.25, -0.2) is 0 Å². The van der Waals surface area contributed by atoms with Crippen molar-refractivity contribution in [2.24, 2.45) is 5.73 Å². The molecule has 5 heteroatoms. The summed E-state index contributed by atoms with van der Waals surface area (Å²) < 4.78 is 12.3. The van der Waals surface area contributed by atoms with Crippen LogP contribution in [0.4, 0.5) is 0 Å². The van der Waals surface area contributed by atoms with E-state index in [1.165, 1.54) is 5.69 Å². The van der Waals surface area contributed by atoms with Gasteiger partial charge in [-0.15, -0.1) is 0 Å². The standard InChI is InChI=1S/C13H25N3O2/c1-4-16-13(9-11(2)15-16)10-12(14)5-6-18-8-7-17-3/h9,12H,4-8,10,14H2,1-3H3. The summed E-state index contributed by atoms with van der Waals surface area (Å²) in [7, 11) is 1.67. The Labute approximate surface area is 109 Å². The van der Waals surface area contributed by atoms with E-state index in [0.29, 0.717) is 19.8 Å². The summed E-state index contributed by atoms with van der Waals surface area (Å²) in [5, 5.41) is 4.42. The van der Waals surface area contributed by atoms with E-state index in [9.17, 15) is 0 Å². The summed E-state index contributed by atoms with van der Waals surface area (Å²) in [5.74, 6) is 0. The lowest BCUT2D eigenvalue weighted by Crippen LogP contribution is -2.26. The first kappa shape index (κ1) is 15.1. The summed E-state index contributed by atoms with van der Waals surface area (Å²) in [6, 6.07) is 2.23. The van der Waals surface area contributed by atoms with Crippen molar-refractivity contribution in [1.82, 2.24) is 9.78 Å². The van der Waals surface area contributed by atoms with Crippen LogP contribution < -0.4 is 5.73 Å². The molecular weight excluding hydrogens is 230 g/mol. The quantitative estimate of drug-likeness (QED) is 0.672. The van der Waals surface area contributed by atoms with Gasteiger partial charge in [0.05, 0.1) is 18.9 Å². The molecule has 1 rings (SSSR count). The van der Waals surface area contributed by atoms with Gasteiger partial charge in [0.1, 0.15) is 0 Å². The highest BCUT2D eigenvalue weighted by Crippen LogP contribution is 2.07. The Morgan fingerprint density at radius 2 is 2.17 bits per heavy atom. The van der Waals surface area contributed by atoms with Crippen molar-refractivity contribution in [2.75, 3.05) is 26.9 Å². The number of hydrogen-bond acceptors (Lipinski definition) is 4. The molecule has 0 saturated carbocycles. The molecule has 1 heterocycles. The van der Waals surface area contributed by atoms with Crippen LogP contribution in [0, 0.1) is 6.92 Å². The average molecular weight is 255 g/mol. The first-order valence-electron chi connectivity index (χ1n) is 6.53. The summed E-state index contributed by atoms with van der Waals surface area (Å²) in [5.41, 5.74) is 8.36. The predicted octanol–water partition coefficient (Wildman–Crippen LogP) is 1.13. The highest BCUT2D eigenvalue weighted by atomic mass is 16.5. The van der Waals surface area contributed by atoms with Crippen molar-refractivity contribution >= 4 is 0 Å². The van der Waals surface area contributed by atoms with Crippen LogP contribution in [0.5, 0.6) is 0 Å². The molecule has 104 valence electrons. The van der Waals surface area contributed by atoms with Crippen LogP contribution in [0.25, 0.3) is 0 Å². The molecule has 0 amide bonds. The molecule has 2 N–H and O–H groups in total. The van der Waals surface area contributed by atoms with Crippen LogP contribution in [0.15, 0.2) is 6.07 Å². The summed E-state index contributed by atoms with van der Waals surface area (Å²) >= 11 is 0. The zero-order valence-electron chi connectivity index (χ0n) is 11.7. The van der Waals surface area contributed by atoms with Gasteiger partial charge in [-0.2, -0.15) is 5.10 Å². The van der Waals surface area contributed by atoms with Crippen molar-refractivity contribution in [3.05, 3.63) is 17.5 Å². The van der Waals surface area contributed by atoms with Crippen LogP contribution in [0.1, 0.15) is 24.7 Å². The largest absolute Gasteiger partial charge is 0.382 e. The Morgan fingerprint density at radius 3 is 2.83 bits per heavy atom. The zero-order valence-corrected chi connectivity index (χ0v) is 11.7. The molecule has 0 saturated heterocycles. The van der Waals surface area contributed by atoms with Crippen molar-refractivity contribution in [2.45, 2.75) is 39.3 Å². The lowest BCUT2D eigenvalue weighted by molar-refractivity contribution is 0.0671. The van der Waals surface area contributed by atoms with Gasteiger partial charge in [0, 0.05) is 38.4 Å². The van der Waals surface area contributed by atoms with Crippen LogP contribution >= 0.6 is 0 Å². The minimum atomic E-state index is 0.119. The molecule has 5 nitrogen and oxygen atoms in total. The van der Waals surface area contributed by atoms with Gasteiger partial charge >= 0.3 is 0 Å². The third kappa shape index (κ3) is 5.16. The van der Waals surface area contributed by atoms with E-state index < -0.39 is 0 Å². The Morgan fingerprint density at radius 1 is 1.39 bits per heavy atom. The first-order chi connectivity index (χ1) is 8.67.